The van der Waals surface area contributed by atoms with Gasteiger partial charge < -0.3 is 69.6 Å². The zero-order chi connectivity index (χ0) is 29.6. The van der Waals surface area contributed by atoms with E-state index in [1.807, 2.05) is 0 Å². The fraction of sp³-hybridized carbons (Fsp3) is 1.00. The summed E-state index contributed by atoms with van der Waals surface area (Å²) < 4.78 is 30.2. The van der Waals surface area contributed by atoms with Crippen LogP contribution in [0.5, 0.6) is 0 Å². The van der Waals surface area contributed by atoms with Gasteiger partial charge >= 0.3 is 0 Å². The normalized spacial score (nSPS) is 54.9. The van der Waals surface area contributed by atoms with Crippen LogP contribution in [0.15, 0.2) is 0 Å². The molecule has 14 heteroatoms. The molecule has 6 unspecified atom stereocenters. The molecule has 238 valence electrons. The number of ether oxygens (including phenoxy) is 5. The highest BCUT2D eigenvalue weighted by Gasteiger charge is 2.54. The second-order valence-electron chi connectivity index (χ2n) is 12.5. The second-order valence-corrected chi connectivity index (χ2v) is 12.5. The predicted octanol–water partition coefficient (Wildman–Crippen LogP) is -3.14. The fourth-order valence-corrected chi connectivity index (χ4v) is 7.14. The van der Waals surface area contributed by atoms with Crippen molar-refractivity contribution in [2.75, 3.05) is 6.61 Å². The lowest BCUT2D eigenvalue weighted by atomic mass is 9.73. The summed E-state index contributed by atoms with van der Waals surface area (Å²) >= 11 is 0. The summed E-state index contributed by atoms with van der Waals surface area (Å²) in [5, 5.41) is 93.4. The first-order valence-corrected chi connectivity index (χ1v) is 14.8. The van der Waals surface area contributed by atoms with Crippen LogP contribution < -0.4 is 0 Å². The third-order valence-electron chi connectivity index (χ3n) is 9.63. The van der Waals surface area contributed by atoms with Crippen LogP contribution in [0.25, 0.3) is 0 Å². The largest absolute Gasteiger partial charge is 0.394 e. The van der Waals surface area contributed by atoms with E-state index in [0.717, 1.165) is 0 Å². The minimum Gasteiger partial charge on any atom is -0.394 e. The maximum atomic E-state index is 11.0. The van der Waals surface area contributed by atoms with Crippen LogP contribution in [0.3, 0.4) is 0 Å². The number of aliphatic hydroxyl groups is 9. The van der Waals surface area contributed by atoms with E-state index >= 15 is 0 Å². The molecular formula is C27H46O14. The molecule has 16 atom stereocenters. The summed E-state index contributed by atoms with van der Waals surface area (Å²) in [6.07, 6.45) is -14.5. The lowest BCUT2D eigenvalue weighted by molar-refractivity contribution is -0.377. The van der Waals surface area contributed by atoms with Crippen LogP contribution in [0.2, 0.25) is 0 Å². The second kappa shape index (κ2) is 13.2. The average Bonchev–Trinajstić information content (AvgIpc) is 2.94. The van der Waals surface area contributed by atoms with Gasteiger partial charge in [-0.05, 0) is 57.8 Å². The molecule has 9 N–H and O–H groups in total. The fourth-order valence-electron chi connectivity index (χ4n) is 7.14. The van der Waals surface area contributed by atoms with Crippen LogP contribution >= 0.6 is 0 Å². The highest BCUT2D eigenvalue weighted by Crippen LogP contribution is 2.43. The van der Waals surface area contributed by atoms with E-state index in [9.17, 15) is 46.0 Å². The molecule has 0 amide bonds. The molecule has 5 fully saturated rings. The van der Waals surface area contributed by atoms with Crippen molar-refractivity contribution in [3.05, 3.63) is 0 Å². The Kier molecular flexibility index (Phi) is 10.3. The molecule has 5 rings (SSSR count). The van der Waals surface area contributed by atoms with Gasteiger partial charge in [0, 0.05) is 5.92 Å². The number of rotatable bonds is 6. The first-order chi connectivity index (χ1) is 19.5. The Morgan fingerprint density at radius 3 is 2.05 bits per heavy atom. The molecule has 3 aliphatic heterocycles. The summed E-state index contributed by atoms with van der Waals surface area (Å²) in [5.41, 5.74) is 0. The SMILES string of the molecule is C[C@@H]1O[C@@H](O[C@H]2[C@H](OC3CC4C(O)CC(O)CC4OC3C3CCC(O)CC3)O[C@H](CO)[C@@H](O)[C@@H]2O)[C@H](O)[C@H](O)[C@H]1O. The van der Waals surface area contributed by atoms with Crippen molar-refractivity contribution < 1.29 is 69.6 Å². The monoisotopic (exact) mass is 594 g/mol. The minimum absolute atomic E-state index is 0.00587. The Morgan fingerprint density at radius 2 is 1.37 bits per heavy atom. The highest BCUT2D eigenvalue weighted by molar-refractivity contribution is 4.99. The zero-order valence-corrected chi connectivity index (χ0v) is 23.1. The van der Waals surface area contributed by atoms with Crippen molar-refractivity contribution in [2.24, 2.45) is 11.8 Å². The molecule has 2 saturated carbocycles. The predicted molar refractivity (Wildman–Crippen MR) is 136 cm³/mol. The molecule has 3 saturated heterocycles. The van der Waals surface area contributed by atoms with E-state index in [-0.39, 0.29) is 18.3 Å². The molecule has 0 spiro atoms. The molecular weight excluding hydrogens is 548 g/mol. The number of fused-ring (bicyclic) bond motifs is 1. The minimum atomic E-state index is -1.69. The molecule has 0 aromatic rings. The van der Waals surface area contributed by atoms with E-state index in [4.69, 9.17) is 23.7 Å². The van der Waals surface area contributed by atoms with Crippen molar-refractivity contribution in [3.8, 4) is 0 Å². The smallest absolute Gasteiger partial charge is 0.187 e. The van der Waals surface area contributed by atoms with Crippen LogP contribution in [0.4, 0.5) is 0 Å². The molecule has 0 radical (unpaired) electrons. The van der Waals surface area contributed by atoms with E-state index in [1.54, 1.807) is 0 Å². The summed E-state index contributed by atoms with van der Waals surface area (Å²) in [4.78, 5) is 0. The quantitative estimate of drug-likeness (QED) is 0.148. The molecule has 5 aliphatic rings. The van der Waals surface area contributed by atoms with Gasteiger partial charge in [-0.2, -0.15) is 0 Å². The molecule has 3 heterocycles. The number of aliphatic hydroxyl groups excluding tert-OH is 9. The van der Waals surface area contributed by atoms with Gasteiger partial charge in [-0.25, -0.2) is 0 Å². The first-order valence-electron chi connectivity index (χ1n) is 14.8. The Labute approximate surface area is 238 Å². The number of hydrogen-bond donors (Lipinski definition) is 9. The molecule has 0 aromatic heterocycles. The van der Waals surface area contributed by atoms with Crippen molar-refractivity contribution in [1.29, 1.82) is 0 Å². The average molecular weight is 595 g/mol. The van der Waals surface area contributed by atoms with E-state index in [1.165, 1.54) is 6.92 Å². The van der Waals surface area contributed by atoms with Crippen LogP contribution in [-0.2, 0) is 23.7 Å². The Bertz CT molecular complexity index is 843. The van der Waals surface area contributed by atoms with Gasteiger partial charge in [-0.3, -0.25) is 0 Å². The Morgan fingerprint density at radius 1 is 0.659 bits per heavy atom. The highest BCUT2D eigenvalue weighted by atomic mass is 16.8. The summed E-state index contributed by atoms with van der Waals surface area (Å²) in [5.74, 6) is -0.351. The van der Waals surface area contributed by atoms with Crippen LogP contribution in [0.1, 0.15) is 51.9 Å². The van der Waals surface area contributed by atoms with Crippen molar-refractivity contribution in [2.45, 2.75) is 150 Å². The van der Waals surface area contributed by atoms with Gasteiger partial charge in [0.2, 0.25) is 0 Å². The Hall–Kier alpha value is -0.560. The van der Waals surface area contributed by atoms with Crippen molar-refractivity contribution >= 4 is 0 Å². The molecule has 0 aromatic carbocycles. The zero-order valence-electron chi connectivity index (χ0n) is 23.1. The maximum absolute atomic E-state index is 11.0. The molecule has 41 heavy (non-hydrogen) atoms. The van der Waals surface area contributed by atoms with Crippen LogP contribution in [0, 0.1) is 11.8 Å². The standard InChI is InChI=1S/C27H46O14/c1-10-19(32)21(34)23(36)26(37-10)41-25-22(35)20(33)18(9-28)40-27(25)39-17-8-14-15(31)6-13(30)7-16(14)38-24(17)11-2-4-12(29)5-3-11/h10-36H,2-9H2,1H3/t10-,11?,12?,13?,14?,15?,16?,17?,18+,19-,20+,21+,22-,23+,24?,25+,26-,27+/m0/s1. The summed E-state index contributed by atoms with van der Waals surface area (Å²) in [6.45, 7) is 0.837. The van der Waals surface area contributed by atoms with Crippen molar-refractivity contribution in [1.82, 2.24) is 0 Å². The first kappa shape index (κ1) is 31.9. The van der Waals surface area contributed by atoms with Gasteiger partial charge in [0.15, 0.2) is 12.6 Å². The van der Waals surface area contributed by atoms with Gasteiger partial charge in [-0.15, -0.1) is 0 Å². The topological polar surface area (TPSA) is 228 Å². The summed E-state index contributed by atoms with van der Waals surface area (Å²) in [7, 11) is 0. The van der Waals surface area contributed by atoms with Gasteiger partial charge in [0.1, 0.15) is 42.7 Å². The lowest BCUT2D eigenvalue weighted by Crippen LogP contribution is -2.65. The van der Waals surface area contributed by atoms with Gasteiger partial charge in [-0.1, -0.05) is 0 Å². The number of hydrogen-bond acceptors (Lipinski definition) is 14. The van der Waals surface area contributed by atoms with Crippen LogP contribution in [-0.4, -0.2) is 151 Å². The third-order valence-corrected chi connectivity index (χ3v) is 9.63. The van der Waals surface area contributed by atoms with Gasteiger partial charge in [0.25, 0.3) is 0 Å². The van der Waals surface area contributed by atoms with Gasteiger partial charge in [0.05, 0.1) is 49.3 Å². The molecule has 14 nitrogen and oxygen atoms in total. The third kappa shape index (κ3) is 6.61. The summed E-state index contributed by atoms with van der Waals surface area (Å²) in [6, 6.07) is 0. The molecule has 0 bridgehead atoms. The van der Waals surface area contributed by atoms with Crippen molar-refractivity contribution in [3.63, 3.8) is 0 Å². The lowest BCUT2D eigenvalue weighted by Gasteiger charge is -2.51. The van der Waals surface area contributed by atoms with E-state index in [0.29, 0.717) is 38.5 Å². The Balaban J connectivity index is 1.39. The van der Waals surface area contributed by atoms with E-state index < -0.39 is 105 Å². The maximum Gasteiger partial charge on any atom is 0.187 e. The van der Waals surface area contributed by atoms with E-state index in [2.05, 4.69) is 0 Å². The molecule has 2 aliphatic carbocycles.